The number of nitrogens with one attached hydrogen (secondary N) is 1. The number of para-hydroxylation sites is 1. The molecule has 0 spiro atoms. The number of rotatable bonds is 9. The molecule has 0 fully saturated rings. The number of anilines is 1. The van der Waals surface area contributed by atoms with Crippen molar-refractivity contribution in [1.29, 1.82) is 0 Å². The van der Waals surface area contributed by atoms with Crippen LogP contribution < -0.4 is 9.62 Å². The summed E-state index contributed by atoms with van der Waals surface area (Å²) in [6, 6.07) is 11.8. The molecule has 27 heavy (non-hydrogen) atoms. The first kappa shape index (κ1) is 21.2. The minimum Gasteiger partial charge on any atom is -0.354 e. The fraction of sp³-hybridized carbons (Fsp3) is 0.278. The van der Waals surface area contributed by atoms with E-state index < -0.39 is 28.3 Å². The summed E-state index contributed by atoms with van der Waals surface area (Å²) in [5.74, 6) is -0.555. The lowest BCUT2D eigenvalue weighted by Crippen LogP contribution is -2.41. The highest BCUT2D eigenvalue weighted by Crippen LogP contribution is 2.21. The Morgan fingerprint density at radius 2 is 1.70 bits per heavy atom. The van der Waals surface area contributed by atoms with Crippen LogP contribution in [0.25, 0.3) is 0 Å². The van der Waals surface area contributed by atoms with Crippen LogP contribution in [0.15, 0.2) is 48.5 Å². The van der Waals surface area contributed by atoms with E-state index in [0.29, 0.717) is 17.1 Å². The van der Waals surface area contributed by atoms with E-state index in [4.69, 9.17) is 0 Å². The van der Waals surface area contributed by atoms with Crippen LogP contribution in [0.3, 0.4) is 0 Å². The molecule has 0 bridgehead atoms. The van der Waals surface area contributed by atoms with Crippen LogP contribution in [0.4, 0.5) is 14.5 Å². The van der Waals surface area contributed by atoms with Crippen LogP contribution in [0, 0.1) is 11.6 Å². The fourth-order valence-electron chi connectivity index (χ4n) is 2.28. The smallest absolute Gasteiger partial charge is 0.240 e. The van der Waals surface area contributed by atoms with E-state index in [1.807, 2.05) is 0 Å². The largest absolute Gasteiger partial charge is 0.354 e. The molecule has 9 heteroatoms. The van der Waals surface area contributed by atoms with E-state index in [0.717, 1.165) is 16.6 Å². The van der Waals surface area contributed by atoms with Crippen LogP contribution >= 0.6 is 11.8 Å². The number of halogens is 2. The first-order chi connectivity index (χ1) is 12.8. The molecule has 0 aliphatic rings. The van der Waals surface area contributed by atoms with Crippen molar-refractivity contribution < 1.29 is 22.0 Å². The maximum absolute atomic E-state index is 13.9. The molecule has 0 aromatic heterocycles. The number of amides is 1. The normalized spacial score (nSPS) is 11.2. The summed E-state index contributed by atoms with van der Waals surface area (Å²) < 4.78 is 52.0. The molecular weight excluding hydrogens is 394 g/mol. The second-order valence-corrected chi connectivity index (χ2v) is 8.73. The Labute approximate surface area is 161 Å². The monoisotopic (exact) mass is 414 g/mol. The van der Waals surface area contributed by atoms with E-state index in [1.165, 1.54) is 36.0 Å². The number of sulfonamides is 1. The van der Waals surface area contributed by atoms with Gasteiger partial charge in [-0.05, 0) is 23.8 Å². The maximum Gasteiger partial charge on any atom is 0.240 e. The zero-order valence-electron chi connectivity index (χ0n) is 14.7. The lowest BCUT2D eigenvalue weighted by Gasteiger charge is -2.22. The fourth-order valence-corrected chi connectivity index (χ4v) is 3.98. The molecule has 5 nitrogen and oxygen atoms in total. The summed E-state index contributed by atoms with van der Waals surface area (Å²) in [5.41, 5.74) is 0.403. The van der Waals surface area contributed by atoms with E-state index >= 15 is 0 Å². The van der Waals surface area contributed by atoms with Crippen molar-refractivity contribution in [2.24, 2.45) is 0 Å². The number of benzene rings is 2. The van der Waals surface area contributed by atoms with Crippen molar-refractivity contribution in [2.45, 2.75) is 5.75 Å². The summed E-state index contributed by atoms with van der Waals surface area (Å²) >= 11 is 1.44. The van der Waals surface area contributed by atoms with Gasteiger partial charge in [-0.1, -0.05) is 30.3 Å². The third-order valence-corrected chi connectivity index (χ3v) is 5.73. The average Bonchev–Trinajstić information content (AvgIpc) is 2.61. The Morgan fingerprint density at radius 3 is 2.33 bits per heavy atom. The molecule has 0 radical (unpaired) electrons. The number of thioether (sulfide) groups is 1. The Balaban J connectivity index is 1.84. The Kier molecular flexibility index (Phi) is 7.61. The number of hydrogen-bond donors (Lipinski definition) is 1. The highest BCUT2D eigenvalue weighted by Gasteiger charge is 2.23. The van der Waals surface area contributed by atoms with Gasteiger partial charge < -0.3 is 5.32 Å². The predicted octanol–water partition coefficient (Wildman–Crippen LogP) is 2.78. The van der Waals surface area contributed by atoms with E-state index in [-0.39, 0.29) is 18.0 Å². The molecule has 1 N–H and O–H groups in total. The van der Waals surface area contributed by atoms with Crippen molar-refractivity contribution in [2.75, 3.05) is 29.4 Å². The summed E-state index contributed by atoms with van der Waals surface area (Å²) in [6.07, 6.45) is 0.914. The minimum atomic E-state index is -3.83. The van der Waals surface area contributed by atoms with Gasteiger partial charge in [0.05, 0.1) is 11.9 Å². The lowest BCUT2D eigenvalue weighted by molar-refractivity contribution is -0.119. The zero-order valence-corrected chi connectivity index (χ0v) is 16.3. The summed E-state index contributed by atoms with van der Waals surface area (Å²) in [6.45, 7) is -0.232. The van der Waals surface area contributed by atoms with Gasteiger partial charge in [0.1, 0.15) is 18.2 Å². The van der Waals surface area contributed by atoms with Crippen molar-refractivity contribution in [3.05, 3.63) is 65.7 Å². The molecule has 0 saturated heterocycles. The molecule has 0 heterocycles. The first-order valence-corrected chi connectivity index (χ1v) is 11.1. The van der Waals surface area contributed by atoms with Gasteiger partial charge in [-0.15, -0.1) is 0 Å². The van der Waals surface area contributed by atoms with Crippen molar-refractivity contribution in [3.8, 4) is 0 Å². The van der Waals surface area contributed by atoms with Gasteiger partial charge in [0.25, 0.3) is 0 Å². The summed E-state index contributed by atoms with van der Waals surface area (Å²) in [4.78, 5) is 12.1. The molecule has 0 atom stereocenters. The van der Waals surface area contributed by atoms with Crippen LogP contribution in [-0.2, 0) is 20.6 Å². The number of hydrogen-bond acceptors (Lipinski definition) is 4. The molecular formula is C18H20F2N2O3S2. The van der Waals surface area contributed by atoms with Crippen LogP contribution in [0.2, 0.25) is 0 Å². The summed E-state index contributed by atoms with van der Waals surface area (Å²) in [5, 5.41) is 2.59. The topological polar surface area (TPSA) is 66.5 Å². The number of carbonyl (C=O) groups is 1. The third kappa shape index (κ3) is 6.51. The predicted molar refractivity (Wildman–Crippen MR) is 104 cm³/mol. The van der Waals surface area contributed by atoms with Gasteiger partial charge in [-0.3, -0.25) is 9.10 Å². The van der Waals surface area contributed by atoms with Gasteiger partial charge >= 0.3 is 0 Å². The Hall–Kier alpha value is -2.13. The van der Waals surface area contributed by atoms with Crippen LogP contribution in [0.5, 0.6) is 0 Å². The van der Waals surface area contributed by atoms with Crippen molar-refractivity contribution in [1.82, 2.24) is 5.32 Å². The number of nitrogens with zero attached hydrogens (tertiary/aromatic N) is 1. The van der Waals surface area contributed by atoms with Gasteiger partial charge in [0, 0.05) is 18.1 Å². The molecule has 0 aliphatic heterocycles. The van der Waals surface area contributed by atoms with E-state index in [1.54, 1.807) is 18.2 Å². The molecule has 0 saturated carbocycles. The number of carbonyl (C=O) groups excluding carboxylic acids is 1. The highest BCUT2D eigenvalue weighted by atomic mass is 32.2. The maximum atomic E-state index is 13.9. The molecule has 2 aromatic carbocycles. The van der Waals surface area contributed by atoms with Crippen molar-refractivity contribution in [3.63, 3.8) is 0 Å². The lowest BCUT2D eigenvalue weighted by atomic mass is 10.2. The van der Waals surface area contributed by atoms with Gasteiger partial charge in [0.2, 0.25) is 15.9 Å². The molecule has 2 rings (SSSR count). The second kappa shape index (κ2) is 9.70. The average molecular weight is 414 g/mol. The van der Waals surface area contributed by atoms with E-state index in [2.05, 4.69) is 5.32 Å². The molecule has 0 aliphatic carbocycles. The van der Waals surface area contributed by atoms with Gasteiger partial charge in [-0.25, -0.2) is 17.2 Å². The first-order valence-electron chi connectivity index (χ1n) is 8.09. The third-order valence-electron chi connectivity index (χ3n) is 3.59. The Morgan fingerprint density at radius 1 is 1.07 bits per heavy atom. The molecule has 1 amide bonds. The van der Waals surface area contributed by atoms with E-state index in [9.17, 15) is 22.0 Å². The minimum absolute atomic E-state index is 0.177. The van der Waals surface area contributed by atoms with Crippen LogP contribution in [0.1, 0.15) is 5.56 Å². The summed E-state index contributed by atoms with van der Waals surface area (Å²) in [7, 11) is -3.83. The Bertz CT molecular complexity index is 892. The van der Waals surface area contributed by atoms with Gasteiger partial charge in [0.15, 0.2) is 0 Å². The molecule has 2 aromatic rings. The molecule has 146 valence electrons. The van der Waals surface area contributed by atoms with Crippen molar-refractivity contribution >= 4 is 33.4 Å². The standard InChI is InChI=1S/C18H20F2N2O3S2/c1-27(24,25)22(17-9-5-4-8-16(17)20)12-18(23)21-10-11-26-13-14-6-2-3-7-15(14)19/h2-9H,10-13H2,1H3,(H,21,23). The van der Waals surface area contributed by atoms with Gasteiger partial charge in [-0.2, -0.15) is 11.8 Å². The second-order valence-electron chi connectivity index (χ2n) is 5.71. The van der Waals surface area contributed by atoms with Crippen LogP contribution in [-0.4, -0.2) is 39.4 Å². The SMILES string of the molecule is CS(=O)(=O)N(CC(=O)NCCSCc1ccccc1F)c1ccccc1F. The zero-order chi connectivity index (χ0) is 19.9. The molecule has 0 unspecified atom stereocenters. The quantitative estimate of drug-likeness (QED) is 0.641. The highest BCUT2D eigenvalue weighted by molar-refractivity contribution is 7.98.